The summed E-state index contributed by atoms with van der Waals surface area (Å²) < 4.78 is 7.68. The zero-order valence-electron chi connectivity index (χ0n) is 14.3. The number of carbonyl (C=O) groups excluding carboxylic acids is 1. The van der Waals surface area contributed by atoms with Crippen molar-refractivity contribution in [1.29, 1.82) is 0 Å². The minimum absolute atomic E-state index is 0.00954. The van der Waals surface area contributed by atoms with Crippen LogP contribution in [0.5, 0.6) is 0 Å². The Balaban J connectivity index is 1.78. The molecule has 1 aliphatic heterocycles. The number of hydrogen-bond acceptors (Lipinski definition) is 4. The summed E-state index contributed by atoms with van der Waals surface area (Å²) in [5.41, 5.74) is 0.989. The highest BCUT2D eigenvalue weighted by molar-refractivity contribution is 7.20. The van der Waals surface area contributed by atoms with Gasteiger partial charge in [0.25, 0.3) is 5.91 Å². The number of amides is 1. The molecule has 1 fully saturated rings. The van der Waals surface area contributed by atoms with Crippen molar-refractivity contribution in [3.63, 3.8) is 0 Å². The number of rotatable bonds is 5. The van der Waals surface area contributed by atoms with Gasteiger partial charge in [0.1, 0.15) is 4.83 Å². The van der Waals surface area contributed by atoms with E-state index < -0.39 is 0 Å². The fourth-order valence-electron chi connectivity index (χ4n) is 3.06. The van der Waals surface area contributed by atoms with E-state index in [0.29, 0.717) is 5.92 Å². The molecule has 0 aliphatic carbocycles. The third kappa shape index (κ3) is 3.43. The average Bonchev–Trinajstić information content (AvgIpc) is 3.18. The lowest BCUT2D eigenvalue weighted by Gasteiger charge is -2.19. The molecular formula is C17H25N3O2S. The molecule has 6 heteroatoms. The van der Waals surface area contributed by atoms with Gasteiger partial charge in [-0.15, -0.1) is 11.3 Å². The molecule has 2 atom stereocenters. The van der Waals surface area contributed by atoms with E-state index in [0.717, 1.165) is 46.8 Å². The topological polar surface area (TPSA) is 56.2 Å². The maximum absolute atomic E-state index is 12.5. The summed E-state index contributed by atoms with van der Waals surface area (Å²) in [6.07, 6.45) is 2.25. The van der Waals surface area contributed by atoms with E-state index in [4.69, 9.17) is 4.74 Å². The second-order valence-electron chi connectivity index (χ2n) is 6.80. The Labute approximate surface area is 141 Å². The Kier molecular flexibility index (Phi) is 4.73. The van der Waals surface area contributed by atoms with Gasteiger partial charge >= 0.3 is 0 Å². The summed E-state index contributed by atoms with van der Waals surface area (Å²) in [5, 5.41) is 8.76. The fourth-order valence-corrected chi connectivity index (χ4v) is 4.14. The van der Waals surface area contributed by atoms with Crippen LogP contribution in [0.25, 0.3) is 10.2 Å². The summed E-state index contributed by atoms with van der Waals surface area (Å²) in [4.78, 5) is 14.4. The molecule has 1 amide bonds. The molecule has 5 nitrogen and oxygen atoms in total. The lowest BCUT2D eigenvalue weighted by Crippen LogP contribution is -2.40. The summed E-state index contributed by atoms with van der Waals surface area (Å²) in [7, 11) is 0. The monoisotopic (exact) mass is 335 g/mol. The van der Waals surface area contributed by atoms with Crippen LogP contribution in [-0.4, -0.2) is 34.4 Å². The molecule has 3 rings (SSSR count). The van der Waals surface area contributed by atoms with Crippen molar-refractivity contribution < 1.29 is 9.53 Å². The summed E-state index contributed by atoms with van der Waals surface area (Å²) in [5.74, 6) is 0.515. The fraction of sp³-hybridized carbons (Fsp3) is 0.647. The number of ether oxygens (including phenoxy) is 1. The molecular weight excluding hydrogens is 310 g/mol. The van der Waals surface area contributed by atoms with Crippen molar-refractivity contribution in [2.75, 3.05) is 6.61 Å². The molecule has 2 aromatic heterocycles. The lowest BCUT2D eigenvalue weighted by molar-refractivity contribution is 0.0714. The van der Waals surface area contributed by atoms with Crippen molar-refractivity contribution in [3.05, 3.63) is 16.6 Å². The van der Waals surface area contributed by atoms with Crippen LogP contribution in [-0.2, 0) is 11.3 Å². The SMILES string of the molecule is Cc1nn(CC(C)C)c2sc(C(=O)N[C@@H](C)[C@H]3CCCO3)cc12. The van der Waals surface area contributed by atoms with Crippen LogP contribution in [0.3, 0.4) is 0 Å². The van der Waals surface area contributed by atoms with Gasteiger partial charge in [0.2, 0.25) is 0 Å². The van der Waals surface area contributed by atoms with Gasteiger partial charge in [-0.05, 0) is 38.7 Å². The van der Waals surface area contributed by atoms with Gasteiger partial charge in [0.05, 0.1) is 22.7 Å². The predicted molar refractivity (Wildman–Crippen MR) is 93.1 cm³/mol. The highest BCUT2D eigenvalue weighted by atomic mass is 32.1. The molecule has 0 saturated carbocycles. The number of thiophene rings is 1. The number of nitrogens with zero attached hydrogens (tertiary/aromatic N) is 2. The Bertz CT molecular complexity index is 698. The van der Waals surface area contributed by atoms with Crippen LogP contribution in [0.15, 0.2) is 6.07 Å². The Morgan fingerprint density at radius 1 is 1.52 bits per heavy atom. The maximum atomic E-state index is 12.5. The number of aromatic nitrogens is 2. The molecule has 0 aromatic carbocycles. The van der Waals surface area contributed by atoms with Gasteiger partial charge in [0.15, 0.2) is 0 Å². The first kappa shape index (κ1) is 16.5. The van der Waals surface area contributed by atoms with Crippen molar-refractivity contribution in [3.8, 4) is 0 Å². The van der Waals surface area contributed by atoms with Crippen LogP contribution in [0.2, 0.25) is 0 Å². The standard InChI is InChI=1S/C17H25N3O2S/c1-10(2)9-20-17-13(11(3)19-20)8-15(23-17)16(21)18-12(4)14-6-5-7-22-14/h8,10,12,14H,5-7,9H2,1-4H3,(H,18,21)/t12-,14+/m0/s1. The van der Waals surface area contributed by atoms with Crippen LogP contribution < -0.4 is 5.32 Å². The molecule has 3 heterocycles. The number of aryl methyl sites for hydroxylation is 1. The molecule has 1 aliphatic rings. The molecule has 1 N–H and O–H groups in total. The van der Waals surface area contributed by atoms with Gasteiger partial charge in [-0.2, -0.15) is 5.10 Å². The number of nitrogens with one attached hydrogen (secondary N) is 1. The second-order valence-corrected chi connectivity index (χ2v) is 7.84. The van der Waals surface area contributed by atoms with Crippen LogP contribution in [0, 0.1) is 12.8 Å². The van der Waals surface area contributed by atoms with Crippen molar-refractivity contribution in [2.45, 2.75) is 59.2 Å². The molecule has 126 valence electrons. The van der Waals surface area contributed by atoms with Gasteiger partial charge in [-0.25, -0.2) is 0 Å². The quantitative estimate of drug-likeness (QED) is 0.911. The Morgan fingerprint density at radius 2 is 2.30 bits per heavy atom. The van der Waals surface area contributed by atoms with Crippen LogP contribution in [0.1, 0.15) is 49.0 Å². The summed E-state index contributed by atoms with van der Waals surface area (Å²) >= 11 is 1.53. The smallest absolute Gasteiger partial charge is 0.261 e. The maximum Gasteiger partial charge on any atom is 0.261 e. The minimum atomic E-state index is -0.00954. The summed E-state index contributed by atoms with van der Waals surface area (Å²) in [6.45, 7) is 10.0. The van der Waals surface area contributed by atoms with E-state index in [1.165, 1.54) is 11.3 Å². The van der Waals surface area contributed by atoms with E-state index in [2.05, 4.69) is 24.3 Å². The zero-order chi connectivity index (χ0) is 16.6. The van der Waals surface area contributed by atoms with E-state index in [1.807, 2.05) is 24.6 Å². The normalized spacial score (nSPS) is 19.6. The van der Waals surface area contributed by atoms with Gasteiger partial charge in [-0.3, -0.25) is 9.48 Å². The first-order valence-corrected chi connectivity index (χ1v) is 9.16. The minimum Gasteiger partial charge on any atom is -0.376 e. The Morgan fingerprint density at radius 3 is 2.96 bits per heavy atom. The van der Waals surface area contributed by atoms with E-state index in [1.54, 1.807) is 0 Å². The first-order chi connectivity index (χ1) is 11.0. The largest absolute Gasteiger partial charge is 0.376 e. The highest BCUT2D eigenvalue weighted by Gasteiger charge is 2.25. The third-order valence-corrected chi connectivity index (χ3v) is 5.40. The van der Waals surface area contributed by atoms with E-state index >= 15 is 0 Å². The second kappa shape index (κ2) is 6.61. The van der Waals surface area contributed by atoms with Crippen LogP contribution in [0.4, 0.5) is 0 Å². The van der Waals surface area contributed by atoms with Gasteiger partial charge < -0.3 is 10.1 Å². The Hall–Kier alpha value is -1.40. The number of carbonyl (C=O) groups is 1. The van der Waals surface area contributed by atoms with Crippen LogP contribution >= 0.6 is 11.3 Å². The van der Waals surface area contributed by atoms with Crippen molar-refractivity contribution in [2.24, 2.45) is 5.92 Å². The molecule has 0 radical (unpaired) electrons. The number of fused-ring (bicyclic) bond motifs is 1. The number of hydrogen-bond donors (Lipinski definition) is 1. The van der Waals surface area contributed by atoms with E-state index in [9.17, 15) is 4.79 Å². The molecule has 0 bridgehead atoms. The molecule has 23 heavy (non-hydrogen) atoms. The zero-order valence-corrected chi connectivity index (χ0v) is 15.1. The first-order valence-electron chi connectivity index (χ1n) is 8.35. The third-order valence-electron chi connectivity index (χ3n) is 4.25. The average molecular weight is 335 g/mol. The molecule has 0 spiro atoms. The lowest BCUT2D eigenvalue weighted by atomic mass is 10.1. The van der Waals surface area contributed by atoms with Gasteiger partial charge in [0, 0.05) is 18.5 Å². The van der Waals surface area contributed by atoms with Gasteiger partial charge in [-0.1, -0.05) is 13.8 Å². The van der Waals surface area contributed by atoms with Crippen molar-refractivity contribution in [1.82, 2.24) is 15.1 Å². The highest BCUT2D eigenvalue weighted by Crippen LogP contribution is 2.29. The summed E-state index contributed by atoms with van der Waals surface area (Å²) in [6, 6.07) is 2.01. The molecule has 0 unspecified atom stereocenters. The van der Waals surface area contributed by atoms with E-state index in [-0.39, 0.29) is 18.1 Å². The van der Waals surface area contributed by atoms with Crippen molar-refractivity contribution >= 4 is 27.5 Å². The predicted octanol–water partition coefficient (Wildman–Crippen LogP) is 3.36. The molecule has 2 aromatic rings. The molecule has 1 saturated heterocycles.